The van der Waals surface area contributed by atoms with E-state index in [1.54, 1.807) is 21.3 Å². The topological polar surface area (TPSA) is 47.6 Å². The largest absolute Gasteiger partial charge is 0.495 e. The number of nitrogens with one attached hydrogen (secondary N) is 1. The normalized spacial score (nSPS) is 10.7. The minimum Gasteiger partial charge on any atom is -0.495 e. The van der Waals surface area contributed by atoms with E-state index in [1.807, 2.05) is 6.07 Å². The molecule has 0 atom stereocenters. The van der Waals surface area contributed by atoms with Crippen LogP contribution < -0.4 is 14.8 Å². The van der Waals surface area contributed by atoms with Crippen LogP contribution in [0.1, 0.15) is 35.7 Å². The Kier molecular flexibility index (Phi) is 5.82. The second kappa shape index (κ2) is 6.91. The molecule has 1 rings (SSSR count). The van der Waals surface area contributed by atoms with Crippen molar-refractivity contribution >= 4 is 21.7 Å². The van der Waals surface area contributed by atoms with Gasteiger partial charge in [0, 0.05) is 0 Å². The maximum Gasteiger partial charge on any atom is 0.180 e. The third-order valence-corrected chi connectivity index (χ3v) is 3.59. The molecule has 1 aromatic carbocycles. The third-order valence-electron chi connectivity index (χ3n) is 2.87. The number of ether oxygens (including phenoxy) is 2. The number of rotatable bonds is 6. The van der Waals surface area contributed by atoms with Gasteiger partial charge in [0.25, 0.3) is 0 Å². The molecule has 1 N–H and O–H groups in total. The minimum absolute atomic E-state index is 0.00963. The number of benzene rings is 1. The second-order valence-electron chi connectivity index (χ2n) is 4.50. The number of hydrogen-bond acceptors (Lipinski definition) is 4. The molecule has 0 aliphatic carbocycles. The van der Waals surface area contributed by atoms with Crippen molar-refractivity contribution in [2.75, 3.05) is 27.8 Å². The zero-order valence-corrected chi connectivity index (χ0v) is 13.6. The Morgan fingerprint density at radius 2 is 1.89 bits per heavy atom. The average Bonchev–Trinajstić information content (AvgIpc) is 2.37. The molecule has 0 radical (unpaired) electrons. The molecule has 0 saturated heterocycles. The van der Waals surface area contributed by atoms with Crippen LogP contribution in [-0.2, 0) is 0 Å². The van der Waals surface area contributed by atoms with Gasteiger partial charge in [-0.25, -0.2) is 0 Å². The number of hydrogen-bond donors (Lipinski definition) is 1. The molecule has 5 heteroatoms. The molecule has 19 heavy (non-hydrogen) atoms. The van der Waals surface area contributed by atoms with Crippen molar-refractivity contribution in [3.63, 3.8) is 0 Å². The number of methoxy groups -OCH3 is 2. The summed E-state index contributed by atoms with van der Waals surface area (Å²) in [7, 11) is 4.90. The highest BCUT2D eigenvalue weighted by molar-refractivity contribution is 9.10. The number of likely N-dealkylation sites (N-methyl/N-ethyl adjacent to an activating group) is 1. The molecule has 0 fully saturated rings. The Labute approximate surface area is 122 Å². The summed E-state index contributed by atoms with van der Waals surface area (Å²) >= 11 is 3.47. The van der Waals surface area contributed by atoms with E-state index in [-0.39, 0.29) is 18.2 Å². The van der Waals surface area contributed by atoms with E-state index in [0.29, 0.717) is 21.5 Å². The smallest absolute Gasteiger partial charge is 0.180 e. The highest BCUT2D eigenvalue weighted by atomic mass is 79.9. The van der Waals surface area contributed by atoms with Gasteiger partial charge in [-0.2, -0.15) is 0 Å². The summed E-state index contributed by atoms with van der Waals surface area (Å²) in [4.78, 5) is 12.1. The number of halogens is 1. The summed E-state index contributed by atoms with van der Waals surface area (Å²) in [5.74, 6) is 1.47. The van der Waals surface area contributed by atoms with Crippen molar-refractivity contribution in [3.8, 4) is 11.5 Å². The highest BCUT2D eigenvalue weighted by Gasteiger charge is 2.22. The molecule has 0 saturated carbocycles. The molecule has 0 amide bonds. The molecule has 0 heterocycles. The summed E-state index contributed by atoms with van der Waals surface area (Å²) in [6.07, 6.45) is 0. The Balaban J connectivity index is 3.50. The molecule has 0 aliphatic heterocycles. The molecular formula is C14H20BrNO3. The molecule has 106 valence electrons. The first kappa shape index (κ1) is 16.0. The molecule has 4 nitrogen and oxygen atoms in total. The predicted octanol–water partition coefficient (Wildman–Crippen LogP) is 2.99. The van der Waals surface area contributed by atoms with Gasteiger partial charge in [0.2, 0.25) is 0 Å². The fourth-order valence-electron chi connectivity index (χ4n) is 1.93. The zero-order valence-electron chi connectivity index (χ0n) is 12.0. The van der Waals surface area contributed by atoms with E-state index in [0.717, 1.165) is 5.56 Å². The summed E-state index contributed by atoms with van der Waals surface area (Å²) in [5, 5.41) is 2.86. The predicted molar refractivity (Wildman–Crippen MR) is 79.6 cm³/mol. The number of ketones is 1. The third kappa shape index (κ3) is 3.28. The fourth-order valence-corrected chi connectivity index (χ4v) is 2.70. The Morgan fingerprint density at radius 3 is 2.32 bits per heavy atom. The maximum atomic E-state index is 12.1. The lowest BCUT2D eigenvalue weighted by Gasteiger charge is -2.18. The van der Waals surface area contributed by atoms with Gasteiger partial charge in [-0.3, -0.25) is 4.79 Å². The van der Waals surface area contributed by atoms with Crippen LogP contribution in [0.4, 0.5) is 0 Å². The quantitative estimate of drug-likeness (QED) is 0.815. The standard InChI is InChI=1S/C14H20BrNO3/c1-8(2)9-6-10(11(17)7-16-3)14(19-5)12(15)13(9)18-4/h6,8,16H,7H2,1-5H3. The van der Waals surface area contributed by atoms with Crippen molar-refractivity contribution in [1.82, 2.24) is 5.32 Å². The fraction of sp³-hybridized carbons (Fsp3) is 0.500. The van der Waals surface area contributed by atoms with Crippen molar-refractivity contribution in [2.24, 2.45) is 0 Å². The van der Waals surface area contributed by atoms with Gasteiger partial charge in [-0.05, 0) is 40.5 Å². The minimum atomic E-state index is -0.00963. The molecule has 0 unspecified atom stereocenters. The maximum absolute atomic E-state index is 12.1. The van der Waals surface area contributed by atoms with Crippen LogP contribution in [0.5, 0.6) is 11.5 Å². The number of carbonyl (C=O) groups is 1. The zero-order chi connectivity index (χ0) is 14.6. The summed E-state index contributed by atoms with van der Waals surface area (Å²) in [5.41, 5.74) is 1.54. The van der Waals surface area contributed by atoms with Gasteiger partial charge < -0.3 is 14.8 Å². The van der Waals surface area contributed by atoms with Crippen molar-refractivity contribution in [2.45, 2.75) is 19.8 Å². The van der Waals surface area contributed by atoms with Gasteiger partial charge in [-0.1, -0.05) is 13.8 Å². The second-order valence-corrected chi connectivity index (χ2v) is 5.30. The Hall–Kier alpha value is -1.07. The summed E-state index contributed by atoms with van der Waals surface area (Å²) in [6, 6.07) is 1.85. The Bertz CT molecular complexity index is 472. The van der Waals surface area contributed by atoms with Crippen LogP contribution in [0.15, 0.2) is 10.5 Å². The molecule has 1 aromatic rings. The van der Waals surface area contributed by atoms with Gasteiger partial charge in [0.1, 0.15) is 16.0 Å². The lowest BCUT2D eigenvalue weighted by atomic mass is 9.97. The van der Waals surface area contributed by atoms with Crippen LogP contribution >= 0.6 is 15.9 Å². The first-order valence-corrected chi connectivity index (χ1v) is 6.89. The average molecular weight is 330 g/mol. The summed E-state index contributed by atoms with van der Waals surface area (Å²) < 4.78 is 11.4. The summed E-state index contributed by atoms with van der Waals surface area (Å²) in [6.45, 7) is 4.39. The molecule has 0 aliphatic rings. The van der Waals surface area contributed by atoms with Crippen molar-refractivity contribution in [1.29, 1.82) is 0 Å². The van der Waals surface area contributed by atoms with Crippen molar-refractivity contribution in [3.05, 3.63) is 21.7 Å². The number of Topliss-reactive ketones (excluding diaryl/α,β-unsaturated/α-hetero) is 1. The van der Waals surface area contributed by atoms with Crippen LogP contribution in [0.2, 0.25) is 0 Å². The van der Waals surface area contributed by atoms with E-state index < -0.39 is 0 Å². The van der Waals surface area contributed by atoms with E-state index >= 15 is 0 Å². The van der Waals surface area contributed by atoms with Gasteiger partial charge >= 0.3 is 0 Å². The molecule has 0 spiro atoms. The first-order valence-electron chi connectivity index (χ1n) is 6.10. The molecule has 0 aromatic heterocycles. The monoisotopic (exact) mass is 329 g/mol. The van der Waals surface area contributed by atoms with Crippen LogP contribution in [0, 0.1) is 0 Å². The Morgan fingerprint density at radius 1 is 1.32 bits per heavy atom. The van der Waals surface area contributed by atoms with E-state index in [9.17, 15) is 4.79 Å². The van der Waals surface area contributed by atoms with Gasteiger partial charge in [-0.15, -0.1) is 0 Å². The molecule has 0 bridgehead atoms. The van der Waals surface area contributed by atoms with Crippen LogP contribution in [0.25, 0.3) is 0 Å². The SMILES string of the molecule is CNCC(=O)c1cc(C(C)C)c(OC)c(Br)c1OC. The van der Waals surface area contributed by atoms with Crippen LogP contribution in [0.3, 0.4) is 0 Å². The first-order chi connectivity index (χ1) is 8.97. The van der Waals surface area contributed by atoms with Crippen molar-refractivity contribution < 1.29 is 14.3 Å². The van der Waals surface area contributed by atoms with Crippen LogP contribution in [-0.4, -0.2) is 33.6 Å². The van der Waals surface area contributed by atoms with Gasteiger partial charge in [0.15, 0.2) is 5.78 Å². The van der Waals surface area contributed by atoms with E-state index in [1.165, 1.54) is 0 Å². The number of carbonyl (C=O) groups excluding carboxylic acids is 1. The van der Waals surface area contributed by atoms with E-state index in [4.69, 9.17) is 9.47 Å². The van der Waals surface area contributed by atoms with Gasteiger partial charge in [0.05, 0.1) is 26.3 Å². The lowest BCUT2D eigenvalue weighted by molar-refractivity contribution is 0.0990. The van der Waals surface area contributed by atoms with E-state index in [2.05, 4.69) is 35.1 Å². The lowest BCUT2D eigenvalue weighted by Crippen LogP contribution is -2.19. The highest BCUT2D eigenvalue weighted by Crippen LogP contribution is 2.42. The molecular weight excluding hydrogens is 310 g/mol.